The van der Waals surface area contributed by atoms with Crippen molar-refractivity contribution in [2.24, 2.45) is 0 Å². The highest BCUT2D eigenvalue weighted by molar-refractivity contribution is 7.88. The number of anilines is 1. The summed E-state index contributed by atoms with van der Waals surface area (Å²) in [4.78, 5) is 7.92. The summed E-state index contributed by atoms with van der Waals surface area (Å²) in [6, 6.07) is 0. The molecule has 0 bridgehead atoms. The fraction of sp³-hybridized carbons (Fsp3) is 0.500. The molecule has 1 aliphatic rings. The largest absolute Gasteiger partial charge is 0.383 e. The Balaban J connectivity index is 2.36. The highest BCUT2D eigenvalue weighted by atomic mass is 32.2. The third-order valence-electron chi connectivity index (χ3n) is 2.47. The Bertz CT molecular complexity index is 485. The first-order valence-corrected chi connectivity index (χ1v) is 6.36. The Hall–Kier alpha value is -1.21. The van der Waals surface area contributed by atoms with Crippen molar-refractivity contribution >= 4 is 15.8 Å². The van der Waals surface area contributed by atoms with Crippen LogP contribution in [0.25, 0.3) is 0 Å². The lowest BCUT2D eigenvalue weighted by Crippen LogP contribution is -2.36. The number of nitrogens with two attached hydrogens (primary N) is 1. The first kappa shape index (κ1) is 10.3. The van der Waals surface area contributed by atoms with Crippen molar-refractivity contribution in [3.05, 3.63) is 17.6 Å². The summed E-state index contributed by atoms with van der Waals surface area (Å²) in [5, 5.41) is 0. The van der Waals surface area contributed by atoms with Crippen molar-refractivity contribution in [2.75, 3.05) is 18.5 Å². The second-order valence-electron chi connectivity index (χ2n) is 3.53. The molecule has 6 nitrogen and oxygen atoms in total. The van der Waals surface area contributed by atoms with E-state index in [0.29, 0.717) is 31.0 Å². The van der Waals surface area contributed by atoms with Crippen LogP contribution in [0.4, 0.5) is 5.82 Å². The molecule has 1 aliphatic heterocycles. The number of sulfonamides is 1. The molecule has 0 saturated carbocycles. The van der Waals surface area contributed by atoms with Crippen LogP contribution in [0.15, 0.2) is 6.33 Å². The average molecular weight is 228 g/mol. The van der Waals surface area contributed by atoms with E-state index in [1.807, 2.05) is 0 Å². The van der Waals surface area contributed by atoms with Gasteiger partial charge in [-0.05, 0) is 6.42 Å². The van der Waals surface area contributed by atoms with E-state index in [1.165, 1.54) is 16.9 Å². The molecule has 7 heteroatoms. The third-order valence-corrected chi connectivity index (χ3v) is 3.72. The number of hydrogen-bond donors (Lipinski definition) is 1. The monoisotopic (exact) mass is 228 g/mol. The Morgan fingerprint density at radius 2 is 2.20 bits per heavy atom. The van der Waals surface area contributed by atoms with Gasteiger partial charge in [-0.2, -0.15) is 4.31 Å². The molecule has 82 valence electrons. The van der Waals surface area contributed by atoms with Gasteiger partial charge in [0.1, 0.15) is 12.1 Å². The van der Waals surface area contributed by atoms with Gasteiger partial charge in [0.15, 0.2) is 0 Å². The maximum absolute atomic E-state index is 11.3. The third kappa shape index (κ3) is 1.93. The summed E-state index contributed by atoms with van der Waals surface area (Å²) in [6.45, 7) is 0.740. The van der Waals surface area contributed by atoms with Crippen molar-refractivity contribution < 1.29 is 8.42 Å². The molecule has 2 rings (SSSR count). The van der Waals surface area contributed by atoms with Crippen LogP contribution < -0.4 is 5.73 Å². The molecule has 0 saturated heterocycles. The Labute approximate surface area is 88.2 Å². The zero-order valence-corrected chi connectivity index (χ0v) is 9.16. The van der Waals surface area contributed by atoms with E-state index in [9.17, 15) is 8.42 Å². The van der Waals surface area contributed by atoms with E-state index in [2.05, 4.69) is 9.97 Å². The van der Waals surface area contributed by atoms with Gasteiger partial charge >= 0.3 is 0 Å². The Morgan fingerprint density at radius 1 is 1.47 bits per heavy atom. The van der Waals surface area contributed by atoms with Gasteiger partial charge in [0.05, 0.1) is 18.5 Å². The summed E-state index contributed by atoms with van der Waals surface area (Å²) in [5.41, 5.74) is 7.26. The average Bonchev–Trinajstić information content (AvgIpc) is 2.16. The lowest BCUT2D eigenvalue weighted by molar-refractivity contribution is 0.388. The molecular formula is C8H12N4O2S. The van der Waals surface area contributed by atoms with Gasteiger partial charge in [-0.1, -0.05) is 0 Å². The van der Waals surface area contributed by atoms with Crippen molar-refractivity contribution in [2.45, 2.75) is 13.0 Å². The molecule has 0 aromatic carbocycles. The van der Waals surface area contributed by atoms with E-state index < -0.39 is 10.0 Å². The van der Waals surface area contributed by atoms with Crippen molar-refractivity contribution in [1.29, 1.82) is 0 Å². The summed E-state index contributed by atoms with van der Waals surface area (Å²) < 4.78 is 24.1. The lowest BCUT2D eigenvalue weighted by Gasteiger charge is -2.25. The fourth-order valence-electron chi connectivity index (χ4n) is 1.64. The molecule has 0 radical (unpaired) electrons. The smallest absolute Gasteiger partial charge is 0.211 e. The number of rotatable bonds is 1. The van der Waals surface area contributed by atoms with Crippen molar-refractivity contribution in [3.63, 3.8) is 0 Å². The van der Waals surface area contributed by atoms with Crippen LogP contribution in [0.3, 0.4) is 0 Å². The number of nitrogens with zero attached hydrogens (tertiary/aromatic N) is 3. The molecule has 0 fully saturated rings. The normalized spacial score (nSPS) is 17.4. The highest BCUT2D eigenvalue weighted by Gasteiger charge is 2.25. The molecule has 15 heavy (non-hydrogen) atoms. The molecule has 0 spiro atoms. The summed E-state index contributed by atoms with van der Waals surface area (Å²) in [6.07, 6.45) is 3.14. The van der Waals surface area contributed by atoms with Crippen LogP contribution in [0.1, 0.15) is 11.3 Å². The van der Waals surface area contributed by atoms with E-state index in [0.717, 1.165) is 5.56 Å². The van der Waals surface area contributed by atoms with Crippen molar-refractivity contribution in [3.8, 4) is 0 Å². The lowest BCUT2D eigenvalue weighted by atomic mass is 10.1. The minimum absolute atomic E-state index is 0.293. The summed E-state index contributed by atoms with van der Waals surface area (Å²) >= 11 is 0. The number of nitrogen functional groups attached to an aromatic ring is 1. The maximum Gasteiger partial charge on any atom is 0.211 e. The number of fused-ring (bicyclic) bond motifs is 1. The number of aromatic nitrogens is 2. The molecule has 0 aliphatic carbocycles. The summed E-state index contributed by atoms with van der Waals surface area (Å²) in [5.74, 6) is 0.452. The number of hydrogen-bond acceptors (Lipinski definition) is 5. The second kappa shape index (κ2) is 3.42. The molecule has 1 aromatic heterocycles. The minimum atomic E-state index is -3.15. The Kier molecular flexibility index (Phi) is 2.35. The standard InChI is InChI=1S/C8H12N4O2S/c1-15(13,14)12-3-2-6-7(4-12)10-5-11-8(6)9/h5H,2-4H2,1H3,(H2,9,10,11). The first-order valence-electron chi connectivity index (χ1n) is 4.52. The van der Waals surface area contributed by atoms with Gasteiger partial charge in [-0.3, -0.25) is 0 Å². The van der Waals surface area contributed by atoms with Gasteiger partial charge < -0.3 is 5.73 Å². The predicted molar refractivity (Wildman–Crippen MR) is 55.4 cm³/mol. The van der Waals surface area contributed by atoms with Crippen LogP contribution in [-0.2, 0) is 23.0 Å². The van der Waals surface area contributed by atoms with Crippen molar-refractivity contribution in [1.82, 2.24) is 14.3 Å². The molecule has 2 N–H and O–H groups in total. The quantitative estimate of drug-likeness (QED) is 0.691. The molecule has 1 aromatic rings. The molecule has 0 unspecified atom stereocenters. The topological polar surface area (TPSA) is 89.2 Å². The van der Waals surface area contributed by atoms with E-state index in [1.54, 1.807) is 0 Å². The van der Waals surface area contributed by atoms with E-state index in [4.69, 9.17) is 5.73 Å². The van der Waals surface area contributed by atoms with Gasteiger partial charge in [0.25, 0.3) is 0 Å². The first-order chi connectivity index (χ1) is 6.98. The van der Waals surface area contributed by atoms with Crippen LogP contribution >= 0.6 is 0 Å². The molecule has 0 amide bonds. The molecule has 2 heterocycles. The van der Waals surface area contributed by atoms with Gasteiger partial charge in [0.2, 0.25) is 10.0 Å². The molecular weight excluding hydrogens is 216 g/mol. The van der Waals surface area contributed by atoms with Gasteiger partial charge in [-0.25, -0.2) is 18.4 Å². The van der Waals surface area contributed by atoms with E-state index >= 15 is 0 Å². The van der Waals surface area contributed by atoms with Crippen LogP contribution in [0, 0.1) is 0 Å². The summed E-state index contributed by atoms with van der Waals surface area (Å²) in [7, 11) is -3.15. The van der Waals surface area contributed by atoms with Crippen LogP contribution in [-0.4, -0.2) is 35.5 Å². The second-order valence-corrected chi connectivity index (χ2v) is 5.51. The van der Waals surface area contributed by atoms with Gasteiger partial charge in [0, 0.05) is 12.1 Å². The van der Waals surface area contributed by atoms with E-state index in [-0.39, 0.29) is 0 Å². The highest BCUT2D eigenvalue weighted by Crippen LogP contribution is 2.21. The zero-order valence-electron chi connectivity index (χ0n) is 8.34. The van der Waals surface area contributed by atoms with Crippen LogP contribution in [0.5, 0.6) is 0 Å². The maximum atomic E-state index is 11.3. The van der Waals surface area contributed by atoms with Gasteiger partial charge in [-0.15, -0.1) is 0 Å². The fourth-order valence-corrected chi connectivity index (χ4v) is 2.42. The SMILES string of the molecule is CS(=O)(=O)N1CCc2c(N)ncnc2C1. The predicted octanol–water partition coefficient (Wildman–Crippen LogP) is -0.623. The minimum Gasteiger partial charge on any atom is -0.383 e. The van der Waals surface area contributed by atoms with Crippen LogP contribution in [0.2, 0.25) is 0 Å². The Morgan fingerprint density at radius 3 is 2.87 bits per heavy atom. The molecule has 0 atom stereocenters. The zero-order chi connectivity index (χ0) is 11.1.